The minimum absolute atomic E-state index is 0.0491. The van der Waals surface area contributed by atoms with Gasteiger partial charge in [0.1, 0.15) is 17.4 Å². The average molecular weight is 262 g/mol. The summed E-state index contributed by atoms with van der Waals surface area (Å²) in [5.74, 6) is -1.93. The van der Waals surface area contributed by atoms with Crippen LogP contribution in [0.2, 0.25) is 0 Å². The summed E-state index contributed by atoms with van der Waals surface area (Å²) in [5.41, 5.74) is 0.975. The fourth-order valence-corrected chi connectivity index (χ4v) is 1.58. The summed E-state index contributed by atoms with van der Waals surface area (Å²) in [4.78, 5) is 11.8. The topological polar surface area (TPSA) is 26.3 Å². The maximum absolute atomic E-state index is 13.6. The van der Waals surface area contributed by atoms with Crippen molar-refractivity contribution in [3.05, 3.63) is 64.7 Å². The molecule has 4 heteroatoms. The standard InChI is InChI=1S/C15H12F2O2/c1-9-3-6-12(14(17)7-9)15(18)19-11-5-4-10(2)13(16)8-11/h3-8H,1-2H3. The minimum atomic E-state index is -0.847. The largest absolute Gasteiger partial charge is 0.423 e. The Balaban J connectivity index is 2.23. The fourth-order valence-electron chi connectivity index (χ4n) is 1.58. The lowest BCUT2D eigenvalue weighted by Gasteiger charge is -2.06. The van der Waals surface area contributed by atoms with Crippen LogP contribution in [0.5, 0.6) is 5.75 Å². The van der Waals surface area contributed by atoms with Gasteiger partial charge < -0.3 is 4.74 Å². The van der Waals surface area contributed by atoms with Gasteiger partial charge in [-0.3, -0.25) is 0 Å². The number of benzene rings is 2. The lowest BCUT2D eigenvalue weighted by atomic mass is 10.1. The van der Waals surface area contributed by atoms with E-state index in [1.165, 1.54) is 24.3 Å². The molecule has 2 rings (SSSR count). The zero-order valence-corrected chi connectivity index (χ0v) is 10.5. The molecular weight excluding hydrogens is 250 g/mol. The molecule has 0 spiro atoms. The molecule has 0 amide bonds. The van der Waals surface area contributed by atoms with E-state index in [0.29, 0.717) is 11.1 Å². The number of aryl methyl sites for hydroxylation is 2. The molecule has 0 fully saturated rings. The summed E-state index contributed by atoms with van der Waals surface area (Å²) in [6, 6.07) is 8.24. The Morgan fingerprint density at radius 2 is 1.74 bits per heavy atom. The van der Waals surface area contributed by atoms with E-state index in [1.807, 2.05) is 0 Å². The van der Waals surface area contributed by atoms with Crippen molar-refractivity contribution in [2.45, 2.75) is 13.8 Å². The van der Waals surface area contributed by atoms with Crippen molar-refractivity contribution in [2.24, 2.45) is 0 Å². The molecule has 2 nitrogen and oxygen atoms in total. The van der Waals surface area contributed by atoms with Gasteiger partial charge >= 0.3 is 5.97 Å². The Hall–Kier alpha value is -2.23. The monoisotopic (exact) mass is 262 g/mol. The Morgan fingerprint density at radius 3 is 2.37 bits per heavy atom. The number of hydrogen-bond donors (Lipinski definition) is 0. The summed E-state index contributed by atoms with van der Waals surface area (Å²) < 4.78 is 31.8. The molecule has 0 aromatic heterocycles. The SMILES string of the molecule is Cc1ccc(C(=O)Oc2ccc(C)c(F)c2)c(F)c1. The van der Waals surface area contributed by atoms with E-state index in [-0.39, 0.29) is 11.3 Å². The normalized spacial score (nSPS) is 10.3. The summed E-state index contributed by atoms with van der Waals surface area (Å²) in [5, 5.41) is 0. The summed E-state index contributed by atoms with van der Waals surface area (Å²) in [6.45, 7) is 3.31. The number of halogens is 2. The van der Waals surface area contributed by atoms with E-state index in [2.05, 4.69) is 0 Å². The van der Waals surface area contributed by atoms with Crippen molar-refractivity contribution in [1.82, 2.24) is 0 Å². The van der Waals surface area contributed by atoms with E-state index >= 15 is 0 Å². The third-order valence-electron chi connectivity index (χ3n) is 2.70. The molecule has 0 unspecified atom stereocenters. The predicted octanol–water partition coefficient (Wildman–Crippen LogP) is 3.80. The molecular formula is C15H12F2O2. The maximum Gasteiger partial charge on any atom is 0.346 e. The molecule has 0 aliphatic carbocycles. The number of hydrogen-bond acceptors (Lipinski definition) is 2. The van der Waals surface area contributed by atoms with Crippen LogP contribution in [0.15, 0.2) is 36.4 Å². The number of esters is 1. The van der Waals surface area contributed by atoms with Gasteiger partial charge in [-0.2, -0.15) is 0 Å². The van der Waals surface area contributed by atoms with Gasteiger partial charge in [0.05, 0.1) is 5.56 Å². The van der Waals surface area contributed by atoms with Gasteiger partial charge in [0.2, 0.25) is 0 Å². The quantitative estimate of drug-likeness (QED) is 0.607. The zero-order valence-electron chi connectivity index (χ0n) is 10.5. The first-order chi connectivity index (χ1) is 8.97. The van der Waals surface area contributed by atoms with Crippen LogP contribution in [0.3, 0.4) is 0 Å². The van der Waals surface area contributed by atoms with Gasteiger partial charge in [0.15, 0.2) is 0 Å². The maximum atomic E-state index is 13.6. The first-order valence-electron chi connectivity index (χ1n) is 5.72. The molecule has 98 valence electrons. The smallest absolute Gasteiger partial charge is 0.346 e. The third kappa shape index (κ3) is 2.96. The highest BCUT2D eigenvalue weighted by molar-refractivity contribution is 5.91. The van der Waals surface area contributed by atoms with Gasteiger partial charge in [0.25, 0.3) is 0 Å². The van der Waals surface area contributed by atoms with E-state index < -0.39 is 17.6 Å². The molecule has 2 aromatic carbocycles. The van der Waals surface area contributed by atoms with Gasteiger partial charge in [0, 0.05) is 6.07 Å². The van der Waals surface area contributed by atoms with Crippen molar-refractivity contribution >= 4 is 5.97 Å². The summed E-state index contributed by atoms with van der Waals surface area (Å²) in [6.07, 6.45) is 0. The first kappa shape index (κ1) is 13.2. The number of carbonyl (C=O) groups excluding carboxylic acids is 1. The Labute approximate surface area is 109 Å². The molecule has 0 saturated heterocycles. The fraction of sp³-hybridized carbons (Fsp3) is 0.133. The van der Waals surface area contributed by atoms with Gasteiger partial charge in [-0.15, -0.1) is 0 Å². The van der Waals surface area contributed by atoms with Crippen molar-refractivity contribution in [1.29, 1.82) is 0 Å². The lowest BCUT2D eigenvalue weighted by molar-refractivity contribution is 0.0729. The van der Waals surface area contributed by atoms with Crippen LogP contribution in [0.4, 0.5) is 8.78 Å². The molecule has 0 aliphatic rings. The van der Waals surface area contributed by atoms with Gasteiger partial charge in [-0.05, 0) is 43.2 Å². The first-order valence-corrected chi connectivity index (χ1v) is 5.72. The van der Waals surface area contributed by atoms with Gasteiger partial charge in [-0.1, -0.05) is 12.1 Å². The van der Waals surface area contributed by atoms with Crippen LogP contribution in [0.25, 0.3) is 0 Å². The molecule has 0 radical (unpaired) electrons. The highest BCUT2D eigenvalue weighted by Crippen LogP contribution is 2.18. The van der Waals surface area contributed by atoms with E-state index in [9.17, 15) is 13.6 Å². The van der Waals surface area contributed by atoms with Crippen molar-refractivity contribution in [3.63, 3.8) is 0 Å². The minimum Gasteiger partial charge on any atom is -0.423 e. The van der Waals surface area contributed by atoms with Crippen LogP contribution < -0.4 is 4.74 Å². The van der Waals surface area contributed by atoms with Crippen LogP contribution in [-0.2, 0) is 0 Å². The Kier molecular flexibility index (Phi) is 3.60. The predicted molar refractivity (Wildman–Crippen MR) is 67.2 cm³/mol. The summed E-state index contributed by atoms with van der Waals surface area (Å²) >= 11 is 0. The second-order valence-corrected chi connectivity index (χ2v) is 4.28. The molecule has 0 aliphatic heterocycles. The molecule has 0 bridgehead atoms. The molecule has 2 aromatic rings. The number of carbonyl (C=O) groups is 1. The van der Waals surface area contributed by atoms with Gasteiger partial charge in [-0.25, -0.2) is 13.6 Å². The van der Waals surface area contributed by atoms with E-state index in [1.54, 1.807) is 19.9 Å². The average Bonchev–Trinajstić information content (AvgIpc) is 2.33. The highest BCUT2D eigenvalue weighted by atomic mass is 19.1. The van der Waals surface area contributed by atoms with Crippen LogP contribution >= 0.6 is 0 Å². The number of rotatable bonds is 2. The van der Waals surface area contributed by atoms with Crippen molar-refractivity contribution in [3.8, 4) is 5.75 Å². The Morgan fingerprint density at radius 1 is 1.00 bits per heavy atom. The molecule has 0 atom stereocenters. The van der Waals surface area contributed by atoms with Crippen LogP contribution in [-0.4, -0.2) is 5.97 Å². The molecule has 0 heterocycles. The zero-order chi connectivity index (χ0) is 14.0. The van der Waals surface area contributed by atoms with Crippen molar-refractivity contribution < 1.29 is 18.3 Å². The lowest BCUT2D eigenvalue weighted by Crippen LogP contribution is -2.11. The van der Waals surface area contributed by atoms with E-state index in [0.717, 1.165) is 6.07 Å². The number of ether oxygens (including phenoxy) is 1. The molecule has 0 N–H and O–H groups in total. The van der Waals surface area contributed by atoms with E-state index in [4.69, 9.17) is 4.74 Å². The highest BCUT2D eigenvalue weighted by Gasteiger charge is 2.14. The second kappa shape index (κ2) is 5.18. The summed E-state index contributed by atoms with van der Waals surface area (Å²) in [7, 11) is 0. The molecule has 0 saturated carbocycles. The van der Waals surface area contributed by atoms with Crippen LogP contribution in [0, 0.1) is 25.5 Å². The van der Waals surface area contributed by atoms with Crippen molar-refractivity contribution in [2.75, 3.05) is 0 Å². The second-order valence-electron chi connectivity index (χ2n) is 4.28. The Bertz CT molecular complexity index is 636. The third-order valence-corrected chi connectivity index (χ3v) is 2.70. The van der Waals surface area contributed by atoms with Crippen LogP contribution in [0.1, 0.15) is 21.5 Å². The molecule has 19 heavy (non-hydrogen) atoms.